The van der Waals surface area contributed by atoms with Gasteiger partial charge in [-0.2, -0.15) is 0 Å². The van der Waals surface area contributed by atoms with Crippen molar-refractivity contribution in [2.75, 3.05) is 0 Å². The highest BCUT2D eigenvalue weighted by atomic mass is 16.1. The van der Waals surface area contributed by atoms with Gasteiger partial charge in [-0.3, -0.25) is 9.36 Å². The van der Waals surface area contributed by atoms with Crippen LogP contribution in [0.15, 0.2) is 65.5 Å². The van der Waals surface area contributed by atoms with Gasteiger partial charge in [-0.25, -0.2) is 0 Å². The van der Waals surface area contributed by atoms with E-state index >= 15 is 0 Å². The van der Waals surface area contributed by atoms with Crippen molar-refractivity contribution in [3.05, 3.63) is 76.6 Å². The summed E-state index contributed by atoms with van der Waals surface area (Å²) in [5.41, 5.74) is 8.01. The topological polar surface area (TPSA) is 48.0 Å². The molecule has 0 fully saturated rings. The van der Waals surface area contributed by atoms with Crippen LogP contribution in [0, 0.1) is 0 Å². The van der Waals surface area contributed by atoms with Crippen LogP contribution in [0.4, 0.5) is 0 Å². The van der Waals surface area contributed by atoms with Crippen molar-refractivity contribution in [3.63, 3.8) is 0 Å². The molecule has 19 heavy (non-hydrogen) atoms. The zero-order valence-corrected chi connectivity index (χ0v) is 10.4. The molecule has 0 atom stereocenters. The number of pyridine rings is 1. The van der Waals surface area contributed by atoms with Gasteiger partial charge in [-0.1, -0.05) is 36.4 Å². The van der Waals surface area contributed by atoms with Gasteiger partial charge in [0.05, 0.1) is 5.52 Å². The second kappa shape index (κ2) is 4.71. The molecule has 1 heterocycles. The third-order valence-corrected chi connectivity index (χ3v) is 3.22. The minimum Gasteiger partial charge on any atom is -0.326 e. The molecule has 0 amide bonds. The Bertz CT molecular complexity index is 776. The maximum Gasteiger partial charge on any atom is 0.260 e. The third kappa shape index (κ3) is 1.94. The lowest BCUT2D eigenvalue weighted by molar-refractivity contribution is 0.959. The number of aromatic nitrogens is 1. The molecular formula is C16H14N2O. The van der Waals surface area contributed by atoms with Gasteiger partial charge in [0.25, 0.3) is 5.56 Å². The average Bonchev–Trinajstić information content (AvgIpc) is 2.47. The Kier molecular flexibility index (Phi) is 2.89. The SMILES string of the molecule is NCc1cc2ccccc2n(-c2ccccc2)c1=O. The van der Waals surface area contributed by atoms with Gasteiger partial charge >= 0.3 is 0 Å². The molecule has 0 aliphatic heterocycles. The fraction of sp³-hybridized carbons (Fsp3) is 0.0625. The molecule has 0 saturated heterocycles. The summed E-state index contributed by atoms with van der Waals surface area (Å²) in [7, 11) is 0. The van der Waals surface area contributed by atoms with E-state index in [0.717, 1.165) is 16.6 Å². The molecule has 3 rings (SSSR count). The lowest BCUT2D eigenvalue weighted by Crippen LogP contribution is -2.24. The monoisotopic (exact) mass is 250 g/mol. The van der Waals surface area contributed by atoms with Crippen molar-refractivity contribution < 1.29 is 0 Å². The van der Waals surface area contributed by atoms with E-state index in [2.05, 4.69) is 0 Å². The molecular weight excluding hydrogens is 236 g/mol. The molecule has 0 radical (unpaired) electrons. The number of fused-ring (bicyclic) bond motifs is 1. The molecule has 0 unspecified atom stereocenters. The second-order valence-electron chi connectivity index (χ2n) is 4.41. The van der Waals surface area contributed by atoms with Crippen LogP contribution < -0.4 is 11.3 Å². The average molecular weight is 250 g/mol. The molecule has 1 aromatic heterocycles. The third-order valence-electron chi connectivity index (χ3n) is 3.22. The number of nitrogens with two attached hydrogens (primary N) is 1. The van der Waals surface area contributed by atoms with Crippen molar-refractivity contribution >= 4 is 10.9 Å². The van der Waals surface area contributed by atoms with E-state index in [9.17, 15) is 4.79 Å². The summed E-state index contributed by atoms with van der Waals surface area (Å²) in [6, 6.07) is 19.3. The molecule has 3 heteroatoms. The highest BCUT2D eigenvalue weighted by Crippen LogP contribution is 2.17. The van der Waals surface area contributed by atoms with E-state index in [1.165, 1.54) is 0 Å². The molecule has 2 N–H and O–H groups in total. The van der Waals surface area contributed by atoms with Crippen LogP contribution in [-0.4, -0.2) is 4.57 Å². The van der Waals surface area contributed by atoms with Crippen LogP contribution in [0.3, 0.4) is 0 Å². The smallest absolute Gasteiger partial charge is 0.260 e. The van der Waals surface area contributed by atoms with Gasteiger partial charge < -0.3 is 5.73 Å². The minimum absolute atomic E-state index is 0.0487. The van der Waals surface area contributed by atoms with Crippen LogP contribution in [0.2, 0.25) is 0 Å². The lowest BCUT2D eigenvalue weighted by atomic mass is 10.1. The standard InChI is InChI=1S/C16H14N2O/c17-11-13-10-12-6-4-5-9-15(12)18(16(13)19)14-7-2-1-3-8-14/h1-10H,11,17H2. The van der Waals surface area contributed by atoms with Gasteiger partial charge in [0.15, 0.2) is 0 Å². The molecule has 0 aliphatic rings. The fourth-order valence-corrected chi connectivity index (χ4v) is 2.30. The minimum atomic E-state index is -0.0487. The molecule has 0 saturated carbocycles. The summed E-state index contributed by atoms with van der Waals surface area (Å²) < 4.78 is 1.72. The Morgan fingerprint density at radius 2 is 1.63 bits per heavy atom. The number of nitrogens with zero attached hydrogens (tertiary/aromatic N) is 1. The van der Waals surface area contributed by atoms with E-state index < -0.39 is 0 Å². The molecule has 94 valence electrons. The first-order chi connectivity index (χ1) is 9.31. The normalized spacial score (nSPS) is 10.8. The van der Waals surface area contributed by atoms with E-state index in [1.54, 1.807) is 4.57 Å². The summed E-state index contributed by atoms with van der Waals surface area (Å²) in [6.45, 7) is 0.247. The Morgan fingerprint density at radius 3 is 2.37 bits per heavy atom. The molecule has 2 aromatic carbocycles. The Balaban J connectivity index is 2.45. The maximum atomic E-state index is 12.5. The largest absolute Gasteiger partial charge is 0.326 e. The molecule has 3 nitrogen and oxygen atoms in total. The number of hydrogen-bond acceptors (Lipinski definition) is 2. The van der Waals surface area contributed by atoms with Crippen LogP contribution >= 0.6 is 0 Å². The van der Waals surface area contributed by atoms with Crippen molar-refractivity contribution in [2.24, 2.45) is 5.73 Å². The first-order valence-electron chi connectivity index (χ1n) is 6.20. The first-order valence-corrected chi connectivity index (χ1v) is 6.20. The van der Waals surface area contributed by atoms with E-state index in [4.69, 9.17) is 5.73 Å². The number of hydrogen-bond donors (Lipinski definition) is 1. The van der Waals surface area contributed by atoms with Crippen LogP contribution in [0.25, 0.3) is 16.6 Å². The van der Waals surface area contributed by atoms with Crippen molar-refractivity contribution in [1.82, 2.24) is 4.57 Å². The second-order valence-corrected chi connectivity index (χ2v) is 4.41. The molecule has 0 aliphatic carbocycles. The summed E-state index contributed by atoms with van der Waals surface area (Å²) >= 11 is 0. The number of para-hydroxylation sites is 2. The summed E-state index contributed by atoms with van der Waals surface area (Å²) in [6.07, 6.45) is 0. The quantitative estimate of drug-likeness (QED) is 0.759. The first kappa shape index (κ1) is 11.7. The molecule has 3 aromatic rings. The molecule has 0 bridgehead atoms. The Morgan fingerprint density at radius 1 is 0.947 bits per heavy atom. The summed E-state index contributed by atoms with van der Waals surface area (Å²) in [4.78, 5) is 12.5. The zero-order chi connectivity index (χ0) is 13.2. The highest BCUT2D eigenvalue weighted by Gasteiger charge is 2.09. The maximum absolute atomic E-state index is 12.5. The van der Waals surface area contributed by atoms with E-state index in [0.29, 0.717) is 5.56 Å². The fourth-order valence-electron chi connectivity index (χ4n) is 2.30. The number of rotatable bonds is 2. The van der Waals surface area contributed by atoms with E-state index in [1.807, 2.05) is 60.7 Å². The summed E-state index contributed by atoms with van der Waals surface area (Å²) in [5, 5.41) is 1.02. The molecule has 0 spiro atoms. The van der Waals surface area contributed by atoms with Gasteiger partial charge in [0.2, 0.25) is 0 Å². The predicted octanol–water partition coefficient (Wildman–Crippen LogP) is 2.45. The van der Waals surface area contributed by atoms with Gasteiger partial charge in [-0.15, -0.1) is 0 Å². The van der Waals surface area contributed by atoms with Crippen LogP contribution in [-0.2, 0) is 6.54 Å². The van der Waals surface area contributed by atoms with Gasteiger partial charge in [0, 0.05) is 17.8 Å². The highest BCUT2D eigenvalue weighted by molar-refractivity contribution is 5.81. The van der Waals surface area contributed by atoms with Crippen LogP contribution in [0.5, 0.6) is 0 Å². The van der Waals surface area contributed by atoms with Crippen molar-refractivity contribution in [3.8, 4) is 5.69 Å². The van der Waals surface area contributed by atoms with Gasteiger partial charge in [-0.05, 0) is 29.7 Å². The predicted molar refractivity (Wildman–Crippen MR) is 77.4 cm³/mol. The van der Waals surface area contributed by atoms with Gasteiger partial charge in [0.1, 0.15) is 0 Å². The lowest BCUT2D eigenvalue weighted by Gasteiger charge is -2.12. The van der Waals surface area contributed by atoms with E-state index in [-0.39, 0.29) is 12.1 Å². The number of benzene rings is 2. The Labute approximate surface area is 110 Å². The summed E-state index contributed by atoms with van der Waals surface area (Å²) in [5.74, 6) is 0. The zero-order valence-electron chi connectivity index (χ0n) is 10.4. The van der Waals surface area contributed by atoms with Crippen LogP contribution in [0.1, 0.15) is 5.56 Å². The van der Waals surface area contributed by atoms with Crippen molar-refractivity contribution in [2.45, 2.75) is 6.54 Å². The van der Waals surface area contributed by atoms with Crippen molar-refractivity contribution in [1.29, 1.82) is 0 Å². The Hall–Kier alpha value is -2.39.